The van der Waals surface area contributed by atoms with Gasteiger partial charge in [0.15, 0.2) is 0 Å². The number of hydrogen-bond acceptors (Lipinski definition) is 5. The number of rotatable bonds is 3. The summed E-state index contributed by atoms with van der Waals surface area (Å²) >= 11 is 1.16. The van der Waals surface area contributed by atoms with Gasteiger partial charge in [0.1, 0.15) is 5.00 Å². The number of nitrogens with zero attached hydrogens (tertiary/aromatic N) is 3. The highest BCUT2D eigenvalue weighted by atomic mass is 32.1. The summed E-state index contributed by atoms with van der Waals surface area (Å²) in [7, 11) is 0. The maximum Gasteiger partial charge on any atom is 0.322 e. The maximum absolute atomic E-state index is 11.8. The molecule has 16 heavy (non-hydrogen) atoms. The SMILES string of the molecule is O=C(Nc1cnns1)N1CCC(CCO)C1. The summed E-state index contributed by atoms with van der Waals surface area (Å²) in [6.07, 6.45) is 3.27. The van der Waals surface area contributed by atoms with E-state index < -0.39 is 0 Å². The summed E-state index contributed by atoms with van der Waals surface area (Å²) in [5.41, 5.74) is 0. The number of urea groups is 1. The first-order valence-electron chi connectivity index (χ1n) is 5.23. The third kappa shape index (κ3) is 2.67. The molecule has 2 rings (SSSR count). The molecule has 1 aromatic rings. The van der Waals surface area contributed by atoms with Gasteiger partial charge in [-0.2, -0.15) is 0 Å². The van der Waals surface area contributed by atoms with Crippen LogP contribution in [0.1, 0.15) is 12.8 Å². The Morgan fingerprint density at radius 3 is 3.31 bits per heavy atom. The van der Waals surface area contributed by atoms with Crippen LogP contribution in [0.5, 0.6) is 0 Å². The fourth-order valence-electron chi connectivity index (χ4n) is 1.84. The first-order chi connectivity index (χ1) is 7.79. The third-order valence-corrected chi connectivity index (χ3v) is 3.28. The second-order valence-corrected chi connectivity index (χ2v) is 4.61. The Hall–Kier alpha value is -1.21. The molecule has 0 aliphatic carbocycles. The number of likely N-dealkylation sites (tertiary alicyclic amines) is 1. The smallest absolute Gasteiger partial charge is 0.322 e. The lowest BCUT2D eigenvalue weighted by atomic mass is 10.1. The average molecular weight is 242 g/mol. The summed E-state index contributed by atoms with van der Waals surface area (Å²) in [6, 6.07) is -0.105. The molecule has 1 aliphatic heterocycles. The van der Waals surface area contributed by atoms with Crippen molar-refractivity contribution in [1.29, 1.82) is 0 Å². The molecule has 1 atom stereocenters. The van der Waals surface area contributed by atoms with Crippen LogP contribution in [0.2, 0.25) is 0 Å². The van der Waals surface area contributed by atoms with Crippen molar-refractivity contribution in [2.24, 2.45) is 5.92 Å². The molecule has 2 heterocycles. The van der Waals surface area contributed by atoms with Gasteiger partial charge < -0.3 is 10.0 Å². The van der Waals surface area contributed by atoms with E-state index >= 15 is 0 Å². The molecule has 7 heteroatoms. The van der Waals surface area contributed by atoms with Crippen LogP contribution >= 0.6 is 11.5 Å². The molecule has 0 bridgehead atoms. The summed E-state index contributed by atoms with van der Waals surface area (Å²) < 4.78 is 3.67. The lowest BCUT2D eigenvalue weighted by molar-refractivity contribution is 0.217. The van der Waals surface area contributed by atoms with E-state index in [0.717, 1.165) is 37.5 Å². The Bertz CT molecular complexity index is 343. The second kappa shape index (κ2) is 5.22. The van der Waals surface area contributed by atoms with E-state index in [-0.39, 0.29) is 12.6 Å². The van der Waals surface area contributed by atoms with Crippen LogP contribution in [0.4, 0.5) is 9.80 Å². The van der Waals surface area contributed by atoms with E-state index in [4.69, 9.17) is 5.11 Å². The molecular weight excluding hydrogens is 228 g/mol. The van der Waals surface area contributed by atoms with Crippen molar-refractivity contribution in [2.45, 2.75) is 12.8 Å². The number of aliphatic hydroxyl groups excluding tert-OH is 1. The largest absolute Gasteiger partial charge is 0.396 e. The molecule has 2 amide bonds. The maximum atomic E-state index is 11.8. The van der Waals surface area contributed by atoms with Gasteiger partial charge in [-0.1, -0.05) is 4.49 Å². The monoisotopic (exact) mass is 242 g/mol. The van der Waals surface area contributed by atoms with Crippen molar-refractivity contribution in [3.63, 3.8) is 0 Å². The molecule has 6 nitrogen and oxygen atoms in total. The topological polar surface area (TPSA) is 78.4 Å². The zero-order valence-corrected chi connectivity index (χ0v) is 9.61. The van der Waals surface area contributed by atoms with Crippen LogP contribution in [0, 0.1) is 5.92 Å². The molecule has 0 saturated carbocycles. The summed E-state index contributed by atoms with van der Waals surface area (Å²) in [6.45, 7) is 1.67. The minimum absolute atomic E-state index is 0.105. The highest BCUT2D eigenvalue weighted by Gasteiger charge is 2.25. The van der Waals surface area contributed by atoms with Gasteiger partial charge in [0.05, 0.1) is 6.20 Å². The van der Waals surface area contributed by atoms with Crippen LogP contribution in [0.15, 0.2) is 6.20 Å². The molecule has 0 radical (unpaired) electrons. The van der Waals surface area contributed by atoms with Crippen molar-refractivity contribution in [1.82, 2.24) is 14.5 Å². The Morgan fingerprint density at radius 1 is 1.75 bits per heavy atom. The number of amides is 2. The number of nitrogens with one attached hydrogen (secondary N) is 1. The van der Waals surface area contributed by atoms with E-state index in [1.807, 2.05) is 0 Å². The van der Waals surface area contributed by atoms with Crippen molar-refractivity contribution in [3.05, 3.63) is 6.20 Å². The van der Waals surface area contributed by atoms with Gasteiger partial charge in [0.25, 0.3) is 0 Å². The van der Waals surface area contributed by atoms with Gasteiger partial charge in [-0.05, 0) is 18.8 Å². The minimum atomic E-state index is -0.105. The van der Waals surface area contributed by atoms with E-state index in [1.165, 1.54) is 6.20 Å². The number of aromatic nitrogens is 2. The summed E-state index contributed by atoms with van der Waals surface area (Å²) in [5, 5.41) is 15.9. The molecule has 1 aliphatic rings. The van der Waals surface area contributed by atoms with Gasteiger partial charge >= 0.3 is 6.03 Å². The summed E-state index contributed by atoms with van der Waals surface area (Å²) in [4.78, 5) is 13.5. The Balaban J connectivity index is 1.83. The first-order valence-corrected chi connectivity index (χ1v) is 6.01. The normalized spacial score (nSPS) is 20.1. The number of aliphatic hydroxyl groups is 1. The summed E-state index contributed by atoms with van der Waals surface area (Å²) in [5.74, 6) is 0.426. The lowest BCUT2D eigenvalue weighted by Crippen LogP contribution is -2.32. The average Bonchev–Trinajstić information content (AvgIpc) is 2.89. The van der Waals surface area contributed by atoms with Crippen LogP contribution in [-0.2, 0) is 0 Å². The van der Waals surface area contributed by atoms with E-state index in [2.05, 4.69) is 14.9 Å². The van der Waals surface area contributed by atoms with Crippen LogP contribution in [0.25, 0.3) is 0 Å². The quantitative estimate of drug-likeness (QED) is 0.820. The highest BCUT2D eigenvalue weighted by Crippen LogP contribution is 2.20. The van der Waals surface area contributed by atoms with Crippen molar-refractivity contribution in [3.8, 4) is 0 Å². The van der Waals surface area contributed by atoms with Crippen molar-refractivity contribution >= 4 is 22.6 Å². The van der Waals surface area contributed by atoms with E-state index in [1.54, 1.807) is 4.90 Å². The molecule has 1 saturated heterocycles. The predicted molar refractivity (Wildman–Crippen MR) is 60.3 cm³/mol. The van der Waals surface area contributed by atoms with Gasteiger partial charge in [-0.15, -0.1) is 5.10 Å². The van der Waals surface area contributed by atoms with Gasteiger partial charge in [-0.3, -0.25) is 5.32 Å². The molecule has 1 unspecified atom stereocenters. The number of anilines is 1. The Labute approximate surface area is 97.4 Å². The molecule has 1 aromatic heterocycles. The van der Waals surface area contributed by atoms with Gasteiger partial charge in [-0.25, -0.2) is 4.79 Å². The van der Waals surface area contributed by atoms with E-state index in [9.17, 15) is 4.79 Å². The highest BCUT2D eigenvalue weighted by molar-refractivity contribution is 7.10. The molecule has 88 valence electrons. The van der Waals surface area contributed by atoms with E-state index in [0.29, 0.717) is 10.9 Å². The zero-order valence-electron chi connectivity index (χ0n) is 8.80. The minimum Gasteiger partial charge on any atom is -0.396 e. The number of carbonyl (C=O) groups excluding carboxylic acids is 1. The second-order valence-electron chi connectivity index (χ2n) is 3.82. The van der Waals surface area contributed by atoms with Crippen molar-refractivity contribution in [2.75, 3.05) is 25.0 Å². The molecule has 1 fully saturated rings. The lowest BCUT2D eigenvalue weighted by Gasteiger charge is -2.16. The molecule has 0 spiro atoms. The van der Waals surface area contributed by atoms with Crippen LogP contribution < -0.4 is 5.32 Å². The van der Waals surface area contributed by atoms with Crippen molar-refractivity contribution < 1.29 is 9.90 Å². The Morgan fingerprint density at radius 2 is 2.62 bits per heavy atom. The van der Waals surface area contributed by atoms with Crippen LogP contribution in [-0.4, -0.2) is 45.3 Å². The van der Waals surface area contributed by atoms with Crippen LogP contribution in [0.3, 0.4) is 0 Å². The first kappa shape index (κ1) is 11.3. The predicted octanol–water partition coefficient (Wildman–Crippen LogP) is 0.774. The van der Waals surface area contributed by atoms with Gasteiger partial charge in [0.2, 0.25) is 0 Å². The van der Waals surface area contributed by atoms with Gasteiger partial charge in [0, 0.05) is 31.2 Å². The number of hydrogen-bond donors (Lipinski definition) is 2. The standard InChI is InChI=1S/C9H14N4O2S/c14-4-2-7-1-3-13(6-7)9(15)11-8-5-10-12-16-8/h5,7,14H,1-4,6H2,(H,11,15). The molecular formula is C9H14N4O2S. The molecule has 0 aromatic carbocycles. The Kier molecular flexibility index (Phi) is 3.68. The molecule has 2 N–H and O–H groups in total. The third-order valence-electron chi connectivity index (χ3n) is 2.70. The fraction of sp³-hybridized carbons (Fsp3) is 0.667. The fourth-order valence-corrected chi connectivity index (χ4v) is 2.25. The zero-order chi connectivity index (χ0) is 11.4. The number of carbonyl (C=O) groups is 1.